The molecule has 0 aliphatic rings. The molecule has 8 heteroatoms. The van der Waals surface area contributed by atoms with E-state index in [2.05, 4.69) is 5.32 Å². The Hall–Kier alpha value is -3.94. The predicted molar refractivity (Wildman–Crippen MR) is 116 cm³/mol. The third kappa shape index (κ3) is 6.04. The van der Waals surface area contributed by atoms with Gasteiger partial charge in [-0.3, -0.25) is 9.59 Å². The summed E-state index contributed by atoms with van der Waals surface area (Å²) in [4.78, 5) is 26.1. The zero-order valence-electron chi connectivity index (χ0n) is 17.6. The van der Waals surface area contributed by atoms with Gasteiger partial charge in [-0.05, 0) is 35.9 Å². The molecule has 0 saturated carbocycles. The fourth-order valence-electron chi connectivity index (χ4n) is 2.99. The van der Waals surface area contributed by atoms with Crippen molar-refractivity contribution in [1.82, 2.24) is 4.90 Å². The van der Waals surface area contributed by atoms with Gasteiger partial charge in [-0.15, -0.1) is 0 Å². The van der Waals surface area contributed by atoms with Crippen LogP contribution in [0.3, 0.4) is 0 Å². The number of hydrogen-bond donors (Lipinski definition) is 1. The lowest BCUT2D eigenvalue weighted by molar-refractivity contribution is -0.116. The van der Waals surface area contributed by atoms with Crippen LogP contribution in [0, 0.1) is 11.6 Å². The van der Waals surface area contributed by atoms with Gasteiger partial charge in [-0.25, -0.2) is 8.78 Å². The van der Waals surface area contributed by atoms with Crippen molar-refractivity contribution in [2.75, 3.05) is 26.0 Å². The Kier molecular flexibility index (Phi) is 7.38. The van der Waals surface area contributed by atoms with E-state index in [1.807, 2.05) is 30.3 Å². The second kappa shape index (κ2) is 10.4. The van der Waals surface area contributed by atoms with Crippen LogP contribution in [0.15, 0.2) is 66.7 Å². The summed E-state index contributed by atoms with van der Waals surface area (Å²) in [5.41, 5.74) is 1.24. The van der Waals surface area contributed by atoms with Crippen molar-refractivity contribution in [1.29, 1.82) is 0 Å². The minimum absolute atomic E-state index is 0.0325. The summed E-state index contributed by atoms with van der Waals surface area (Å²) in [6.45, 7) is 0.0246. The molecule has 0 spiro atoms. The van der Waals surface area contributed by atoms with Crippen LogP contribution in [0.25, 0.3) is 0 Å². The van der Waals surface area contributed by atoms with Crippen LogP contribution in [-0.2, 0) is 11.4 Å². The quantitative estimate of drug-likeness (QED) is 0.568. The van der Waals surface area contributed by atoms with Gasteiger partial charge in [0.1, 0.15) is 18.2 Å². The smallest absolute Gasteiger partial charge is 0.254 e. The Morgan fingerprint density at radius 2 is 1.62 bits per heavy atom. The van der Waals surface area contributed by atoms with Crippen molar-refractivity contribution in [2.24, 2.45) is 0 Å². The maximum Gasteiger partial charge on any atom is 0.254 e. The lowest BCUT2D eigenvalue weighted by Crippen LogP contribution is -2.35. The molecular formula is C24H22F2N2O4. The van der Waals surface area contributed by atoms with Gasteiger partial charge < -0.3 is 19.7 Å². The molecule has 0 heterocycles. The summed E-state index contributed by atoms with van der Waals surface area (Å²) in [5.74, 6) is -1.81. The topological polar surface area (TPSA) is 67.9 Å². The molecule has 0 saturated heterocycles. The molecule has 0 atom stereocenters. The van der Waals surface area contributed by atoms with Gasteiger partial charge >= 0.3 is 0 Å². The van der Waals surface area contributed by atoms with E-state index in [1.54, 1.807) is 12.1 Å². The van der Waals surface area contributed by atoms with Gasteiger partial charge in [0, 0.05) is 24.4 Å². The average molecular weight is 440 g/mol. The van der Waals surface area contributed by atoms with E-state index in [1.165, 1.54) is 25.1 Å². The van der Waals surface area contributed by atoms with E-state index in [0.29, 0.717) is 29.7 Å². The molecule has 166 valence electrons. The fraction of sp³-hybridized carbons (Fsp3) is 0.167. The molecule has 3 rings (SSSR count). The number of likely N-dealkylation sites (N-methyl/N-ethyl adjacent to an activating group) is 1. The van der Waals surface area contributed by atoms with Crippen molar-refractivity contribution < 1.29 is 27.8 Å². The molecule has 3 aromatic rings. The second-order valence-corrected chi connectivity index (χ2v) is 7.01. The van der Waals surface area contributed by atoms with Crippen molar-refractivity contribution >= 4 is 17.5 Å². The number of hydrogen-bond acceptors (Lipinski definition) is 4. The standard InChI is InChI=1S/C24H22F2N2O4/c1-28(14-23(29)27-20-12-18(25)11-19(26)13-20)24(30)17-8-9-21(22(10-17)31-2)32-15-16-6-4-3-5-7-16/h3-13H,14-15H2,1-2H3,(H,27,29). The van der Waals surface area contributed by atoms with Crippen LogP contribution in [0.5, 0.6) is 11.5 Å². The zero-order valence-corrected chi connectivity index (χ0v) is 17.6. The summed E-state index contributed by atoms with van der Waals surface area (Å²) >= 11 is 0. The van der Waals surface area contributed by atoms with Crippen LogP contribution in [-0.4, -0.2) is 37.4 Å². The van der Waals surface area contributed by atoms with Gasteiger partial charge in [-0.2, -0.15) is 0 Å². The number of carbonyl (C=O) groups excluding carboxylic acids is 2. The summed E-state index contributed by atoms with van der Waals surface area (Å²) < 4.78 is 37.7. The van der Waals surface area contributed by atoms with Crippen molar-refractivity contribution in [3.8, 4) is 11.5 Å². The van der Waals surface area contributed by atoms with Gasteiger partial charge in [0.2, 0.25) is 5.91 Å². The Bertz CT molecular complexity index is 1090. The number of benzene rings is 3. The number of nitrogens with zero attached hydrogens (tertiary/aromatic N) is 1. The van der Waals surface area contributed by atoms with Crippen LogP contribution in [0.1, 0.15) is 15.9 Å². The van der Waals surface area contributed by atoms with E-state index < -0.39 is 23.4 Å². The van der Waals surface area contributed by atoms with Crippen molar-refractivity contribution in [3.05, 3.63) is 89.5 Å². The number of ether oxygens (including phenoxy) is 2. The van der Waals surface area contributed by atoms with Gasteiger partial charge in [0.05, 0.1) is 13.7 Å². The Labute approximate surface area is 184 Å². The van der Waals surface area contributed by atoms with Crippen molar-refractivity contribution in [2.45, 2.75) is 6.61 Å². The van der Waals surface area contributed by atoms with E-state index >= 15 is 0 Å². The first-order valence-corrected chi connectivity index (χ1v) is 9.72. The Morgan fingerprint density at radius 1 is 0.938 bits per heavy atom. The minimum Gasteiger partial charge on any atom is -0.493 e. The first kappa shape index (κ1) is 22.7. The van der Waals surface area contributed by atoms with E-state index in [9.17, 15) is 18.4 Å². The van der Waals surface area contributed by atoms with Gasteiger partial charge in [0.25, 0.3) is 5.91 Å². The molecule has 2 amide bonds. The maximum atomic E-state index is 13.3. The van der Waals surface area contributed by atoms with Crippen LogP contribution in [0.2, 0.25) is 0 Å². The van der Waals surface area contributed by atoms with Gasteiger partial charge in [-0.1, -0.05) is 30.3 Å². The number of methoxy groups -OCH3 is 1. The zero-order chi connectivity index (χ0) is 23.1. The molecule has 3 aromatic carbocycles. The molecule has 32 heavy (non-hydrogen) atoms. The number of amides is 2. The number of nitrogens with one attached hydrogen (secondary N) is 1. The SMILES string of the molecule is COc1cc(C(=O)N(C)CC(=O)Nc2cc(F)cc(F)c2)ccc1OCc1ccccc1. The molecule has 0 bridgehead atoms. The first-order valence-electron chi connectivity index (χ1n) is 9.72. The van der Waals surface area contributed by atoms with E-state index in [0.717, 1.165) is 17.7 Å². The number of anilines is 1. The molecule has 0 unspecified atom stereocenters. The number of carbonyl (C=O) groups is 2. The highest BCUT2D eigenvalue weighted by molar-refractivity contribution is 5.99. The molecule has 6 nitrogen and oxygen atoms in total. The second-order valence-electron chi connectivity index (χ2n) is 7.01. The first-order chi connectivity index (χ1) is 15.4. The highest BCUT2D eigenvalue weighted by atomic mass is 19.1. The summed E-state index contributed by atoms with van der Waals surface area (Å²) in [7, 11) is 2.91. The third-order valence-electron chi connectivity index (χ3n) is 4.52. The highest BCUT2D eigenvalue weighted by Crippen LogP contribution is 2.29. The van der Waals surface area contributed by atoms with Crippen LogP contribution < -0.4 is 14.8 Å². The van der Waals surface area contributed by atoms with E-state index in [4.69, 9.17) is 9.47 Å². The lowest BCUT2D eigenvalue weighted by Gasteiger charge is -2.18. The van der Waals surface area contributed by atoms with E-state index in [-0.39, 0.29) is 12.2 Å². The molecule has 1 N–H and O–H groups in total. The molecule has 0 radical (unpaired) electrons. The molecule has 0 aliphatic carbocycles. The Balaban J connectivity index is 1.63. The minimum atomic E-state index is -0.814. The molecule has 0 aliphatic heterocycles. The van der Waals surface area contributed by atoms with Gasteiger partial charge in [0.15, 0.2) is 11.5 Å². The fourth-order valence-corrected chi connectivity index (χ4v) is 2.99. The largest absolute Gasteiger partial charge is 0.493 e. The summed E-state index contributed by atoms with van der Waals surface area (Å²) in [5, 5.41) is 2.37. The van der Waals surface area contributed by atoms with Crippen molar-refractivity contribution in [3.63, 3.8) is 0 Å². The van der Waals surface area contributed by atoms with Crippen LogP contribution >= 0.6 is 0 Å². The predicted octanol–water partition coefficient (Wildman–Crippen LogP) is 4.26. The normalized spacial score (nSPS) is 10.4. The monoisotopic (exact) mass is 440 g/mol. The molecular weight excluding hydrogens is 418 g/mol. The maximum absolute atomic E-state index is 13.3. The number of rotatable bonds is 8. The highest BCUT2D eigenvalue weighted by Gasteiger charge is 2.18. The average Bonchev–Trinajstić information content (AvgIpc) is 2.76. The molecule has 0 fully saturated rings. The van der Waals surface area contributed by atoms with Crippen LogP contribution in [0.4, 0.5) is 14.5 Å². The Morgan fingerprint density at radius 3 is 2.28 bits per heavy atom. The lowest BCUT2D eigenvalue weighted by atomic mass is 10.1. The third-order valence-corrected chi connectivity index (χ3v) is 4.52. The summed E-state index contributed by atoms with van der Waals surface area (Å²) in [6, 6.07) is 17.0. The summed E-state index contributed by atoms with van der Waals surface area (Å²) in [6.07, 6.45) is 0. The number of halogens is 2. The molecule has 0 aromatic heterocycles.